The first-order valence-electron chi connectivity index (χ1n) is 4.58. The van der Waals surface area contributed by atoms with Gasteiger partial charge in [0.1, 0.15) is 6.04 Å². The van der Waals surface area contributed by atoms with Crippen LogP contribution in [0.25, 0.3) is 0 Å². The van der Waals surface area contributed by atoms with Crippen LogP contribution in [0.1, 0.15) is 26.7 Å². The normalized spacial score (nSPS) is 12.3. The van der Waals surface area contributed by atoms with E-state index >= 15 is 0 Å². The van der Waals surface area contributed by atoms with Crippen molar-refractivity contribution in [3.8, 4) is 0 Å². The number of carbonyl (C=O) groups is 2. The molecule has 2 N–H and O–H groups in total. The van der Waals surface area contributed by atoms with Crippen molar-refractivity contribution in [1.82, 2.24) is 0 Å². The molecule has 0 aromatic heterocycles. The van der Waals surface area contributed by atoms with Crippen LogP contribution in [0.3, 0.4) is 0 Å². The van der Waals surface area contributed by atoms with Gasteiger partial charge in [0.2, 0.25) is 0 Å². The molecule has 4 nitrogen and oxygen atoms in total. The van der Waals surface area contributed by atoms with Crippen molar-refractivity contribution in [2.45, 2.75) is 38.8 Å². The molecule has 0 saturated heterocycles. The molecule has 0 aliphatic carbocycles. The van der Waals surface area contributed by atoms with Gasteiger partial charge in [-0.05, 0) is 26.3 Å². The van der Waals surface area contributed by atoms with Gasteiger partial charge in [-0.1, -0.05) is 6.58 Å². The summed E-state index contributed by atoms with van der Waals surface area (Å²) in [7, 11) is 0. The number of carbonyl (C=O) groups excluding carboxylic acids is 2. The third-order valence-electron chi connectivity index (χ3n) is 1.58. The fraction of sp³-hybridized carbons (Fsp3) is 0.600. The molecular weight excluding hydrogens is 182 g/mol. The van der Waals surface area contributed by atoms with E-state index in [-0.39, 0.29) is 18.3 Å². The first-order valence-corrected chi connectivity index (χ1v) is 4.58. The van der Waals surface area contributed by atoms with E-state index < -0.39 is 12.0 Å². The molecule has 0 unspecified atom stereocenters. The number of hydrogen-bond donors (Lipinski definition) is 1. The molecule has 0 amide bonds. The highest BCUT2D eigenvalue weighted by Crippen LogP contribution is 2.00. The van der Waals surface area contributed by atoms with Crippen molar-refractivity contribution >= 4 is 11.8 Å². The van der Waals surface area contributed by atoms with E-state index in [0.29, 0.717) is 6.42 Å². The van der Waals surface area contributed by atoms with Crippen molar-refractivity contribution in [1.29, 1.82) is 0 Å². The number of ether oxygens (including phenoxy) is 1. The van der Waals surface area contributed by atoms with Crippen LogP contribution in [-0.2, 0) is 14.3 Å². The van der Waals surface area contributed by atoms with Gasteiger partial charge >= 0.3 is 5.97 Å². The Hall–Kier alpha value is -1.16. The summed E-state index contributed by atoms with van der Waals surface area (Å²) in [6, 6.07) is -0.721. The average Bonchev–Trinajstić information content (AvgIpc) is 2.12. The van der Waals surface area contributed by atoms with Crippen molar-refractivity contribution in [2.75, 3.05) is 0 Å². The molecule has 0 aromatic rings. The molecule has 0 radical (unpaired) electrons. The van der Waals surface area contributed by atoms with Gasteiger partial charge in [-0.25, -0.2) is 0 Å². The summed E-state index contributed by atoms with van der Waals surface area (Å²) >= 11 is 0. The largest absolute Gasteiger partial charge is 0.462 e. The molecule has 0 rings (SSSR count). The minimum absolute atomic E-state index is 0.113. The number of ketones is 1. The average molecular weight is 199 g/mol. The molecule has 0 saturated carbocycles. The van der Waals surface area contributed by atoms with E-state index in [1.165, 1.54) is 6.08 Å². The zero-order valence-electron chi connectivity index (χ0n) is 8.66. The number of rotatable bonds is 6. The summed E-state index contributed by atoms with van der Waals surface area (Å²) < 4.78 is 4.88. The Morgan fingerprint density at radius 1 is 1.50 bits per heavy atom. The standard InChI is InChI=1S/C10H17NO3/c1-4-8(12)5-6-9(11)10(13)14-7(2)3/h4,7,9H,1,5-6,11H2,2-3H3/t9-/m0/s1. The lowest BCUT2D eigenvalue weighted by molar-refractivity contribution is -0.149. The molecule has 0 heterocycles. The fourth-order valence-corrected chi connectivity index (χ4v) is 0.837. The predicted octanol–water partition coefficient (Wildman–Crippen LogP) is 0.801. The van der Waals surface area contributed by atoms with Gasteiger partial charge in [0.05, 0.1) is 6.10 Å². The van der Waals surface area contributed by atoms with Gasteiger partial charge in [0.25, 0.3) is 0 Å². The third-order valence-corrected chi connectivity index (χ3v) is 1.58. The van der Waals surface area contributed by atoms with Crippen LogP contribution in [0.2, 0.25) is 0 Å². The summed E-state index contributed by atoms with van der Waals surface area (Å²) in [6.45, 7) is 6.82. The van der Waals surface area contributed by atoms with Gasteiger partial charge in [0.15, 0.2) is 5.78 Å². The Kier molecular flexibility index (Phi) is 5.79. The van der Waals surface area contributed by atoms with Crippen molar-refractivity contribution in [2.24, 2.45) is 5.73 Å². The topological polar surface area (TPSA) is 69.4 Å². The second-order valence-electron chi connectivity index (χ2n) is 3.30. The molecule has 80 valence electrons. The van der Waals surface area contributed by atoms with Gasteiger partial charge in [-0.2, -0.15) is 0 Å². The van der Waals surface area contributed by atoms with Crippen molar-refractivity contribution in [3.05, 3.63) is 12.7 Å². The van der Waals surface area contributed by atoms with Crippen LogP contribution in [-0.4, -0.2) is 23.9 Å². The Balaban J connectivity index is 3.83. The van der Waals surface area contributed by atoms with Gasteiger partial charge in [-0.3, -0.25) is 9.59 Å². The van der Waals surface area contributed by atoms with Crippen LogP contribution >= 0.6 is 0 Å². The highest BCUT2D eigenvalue weighted by molar-refractivity contribution is 5.89. The Morgan fingerprint density at radius 3 is 2.50 bits per heavy atom. The first-order chi connectivity index (χ1) is 6.47. The van der Waals surface area contributed by atoms with Gasteiger partial charge in [-0.15, -0.1) is 0 Å². The Morgan fingerprint density at radius 2 is 2.07 bits per heavy atom. The Labute approximate surface area is 84.1 Å². The number of nitrogens with two attached hydrogens (primary N) is 1. The molecular formula is C10H17NO3. The maximum atomic E-state index is 11.2. The van der Waals surface area contributed by atoms with Crippen molar-refractivity contribution < 1.29 is 14.3 Å². The van der Waals surface area contributed by atoms with Crippen LogP contribution in [0.5, 0.6) is 0 Å². The van der Waals surface area contributed by atoms with Crippen LogP contribution in [0.15, 0.2) is 12.7 Å². The molecule has 1 atom stereocenters. The fourth-order valence-electron chi connectivity index (χ4n) is 0.837. The van der Waals surface area contributed by atoms with Crippen LogP contribution < -0.4 is 5.73 Å². The number of allylic oxidation sites excluding steroid dienone is 1. The molecule has 14 heavy (non-hydrogen) atoms. The van der Waals surface area contributed by atoms with E-state index in [1.807, 2.05) is 0 Å². The molecule has 0 aliphatic rings. The molecule has 0 fully saturated rings. The molecule has 0 spiro atoms. The predicted molar refractivity (Wildman–Crippen MR) is 53.6 cm³/mol. The first kappa shape index (κ1) is 12.8. The van der Waals surface area contributed by atoms with E-state index in [4.69, 9.17) is 10.5 Å². The summed E-state index contributed by atoms with van der Waals surface area (Å²) in [5.41, 5.74) is 5.51. The minimum atomic E-state index is -0.721. The second kappa shape index (κ2) is 6.32. The lowest BCUT2D eigenvalue weighted by Gasteiger charge is -2.12. The second-order valence-corrected chi connectivity index (χ2v) is 3.30. The molecule has 0 bridgehead atoms. The Bertz CT molecular complexity index is 223. The number of hydrogen-bond acceptors (Lipinski definition) is 4. The van der Waals surface area contributed by atoms with Crippen molar-refractivity contribution in [3.63, 3.8) is 0 Å². The van der Waals surface area contributed by atoms with E-state index in [0.717, 1.165) is 0 Å². The van der Waals surface area contributed by atoms with Gasteiger partial charge in [0, 0.05) is 6.42 Å². The molecule has 0 aliphatic heterocycles. The summed E-state index contributed by atoms with van der Waals surface area (Å²) in [4.78, 5) is 22.0. The monoisotopic (exact) mass is 199 g/mol. The lowest BCUT2D eigenvalue weighted by Crippen LogP contribution is -2.34. The lowest BCUT2D eigenvalue weighted by atomic mass is 10.1. The zero-order chi connectivity index (χ0) is 11.1. The maximum Gasteiger partial charge on any atom is 0.323 e. The van der Waals surface area contributed by atoms with E-state index in [1.54, 1.807) is 13.8 Å². The highest BCUT2D eigenvalue weighted by Gasteiger charge is 2.16. The minimum Gasteiger partial charge on any atom is -0.462 e. The molecule has 4 heteroatoms. The van der Waals surface area contributed by atoms with Crippen LogP contribution in [0.4, 0.5) is 0 Å². The van der Waals surface area contributed by atoms with Gasteiger partial charge < -0.3 is 10.5 Å². The molecule has 0 aromatic carbocycles. The third kappa shape index (κ3) is 5.48. The highest BCUT2D eigenvalue weighted by atomic mass is 16.5. The van der Waals surface area contributed by atoms with E-state index in [9.17, 15) is 9.59 Å². The smallest absolute Gasteiger partial charge is 0.323 e. The maximum absolute atomic E-state index is 11.2. The summed E-state index contributed by atoms with van der Waals surface area (Å²) in [6.07, 6.45) is 1.58. The SMILES string of the molecule is C=CC(=O)CC[C@H](N)C(=O)OC(C)C. The number of esters is 1. The zero-order valence-corrected chi connectivity index (χ0v) is 8.66. The van der Waals surface area contributed by atoms with E-state index in [2.05, 4.69) is 6.58 Å². The summed E-state index contributed by atoms with van der Waals surface area (Å²) in [5.74, 6) is -0.574. The quantitative estimate of drug-likeness (QED) is 0.507. The van der Waals surface area contributed by atoms with Crippen LogP contribution in [0, 0.1) is 0 Å². The summed E-state index contributed by atoms with van der Waals surface area (Å²) in [5, 5.41) is 0.